The molecule has 2 aromatic carbocycles. The molecule has 0 atom stereocenters. The normalized spacial score (nSPS) is 10.7. The van der Waals surface area contributed by atoms with Crippen molar-refractivity contribution >= 4 is 35.2 Å². The van der Waals surface area contributed by atoms with Crippen molar-refractivity contribution in [3.05, 3.63) is 63.6 Å². The molecule has 0 aliphatic carbocycles. The maximum absolute atomic E-state index is 11.9. The molecule has 0 aromatic heterocycles. The van der Waals surface area contributed by atoms with E-state index in [0.717, 1.165) is 0 Å². The van der Waals surface area contributed by atoms with Gasteiger partial charge in [-0.15, -0.1) is 0 Å². The molecule has 2 rings (SSSR count). The van der Waals surface area contributed by atoms with Gasteiger partial charge in [-0.3, -0.25) is 0 Å². The van der Waals surface area contributed by atoms with E-state index in [9.17, 15) is 4.79 Å². The topological polar surface area (TPSA) is 44.8 Å². The summed E-state index contributed by atoms with van der Waals surface area (Å²) in [4.78, 5) is 11.9. The zero-order valence-electron chi connectivity index (χ0n) is 13.2. The summed E-state index contributed by atoms with van der Waals surface area (Å²) in [7, 11) is 3.08. The quantitative estimate of drug-likeness (QED) is 0.545. The third-order valence-electron chi connectivity index (χ3n) is 3.25. The highest BCUT2D eigenvalue weighted by atomic mass is 35.5. The Kier molecular flexibility index (Phi) is 6.53. The zero-order chi connectivity index (χ0) is 17.5. The standard InChI is InChI=1S/C18H16Cl2O4/c1-22-16-8-3-5-12(18(16)23-2)9-10-17(21)24-11-13-14(19)6-4-7-15(13)20/h3-10H,11H2,1-2H3/b10-9+. The molecule has 0 bridgehead atoms. The molecule has 0 aliphatic heterocycles. The number of hydrogen-bond acceptors (Lipinski definition) is 4. The Hall–Kier alpha value is -2.17. The van der Waals surface area contributed by atoms with E-state index >= 15 is 0 Å². The second kappa shape index (κ2) is 8.62. The lowest BCUT2D eigenvalue weighted by atomic mass is 10.1. The summed E-state index contributed by atoms with van der Waals surface area (Å²) in [6, 6.07) is 10.5. The number of hydrogen-bond donors (Lipinski definition) is 0. The molecule has 2 aromatic rings. The van der Waals surface area contributed by atoms with E-state index in [-0.39, 0.29) is 6.61 Å². The first-order chi connectivity index (χ1) is 11.6. The first-order valence-electron chi connectivity index (χ1n) is 7.05. The summed E-state index contributed by atoms with van der Waals surface area (Å²) in [6.07, 6.45) is 2.90. The van der Waals surface area contributed by atoms with Crippen LogP contribution in [0.25, 0.3) is 6.08 Å². The van der Waals surface area contributed by atoms with Crippen LogP contribution in [0.2, 0.25) is 10.0 Å². The Morgan fingerprint density at radius 2 is 1.71 bits per heavy atom. The fraction of sp³-hybridized carbons (Fsp3) is 0.167. The Labute approximate surface area is 150 Å². The van der Waals surface area contributed by atoms with Crippen LogP contribution in [-0.4, -0.2) is 20.2 Å². The van der Waals surface area contributed by atoms with E-state index in [4.69, 9.17) is 37.4 Å². The molecule has 6 heteroatoms. The first kappa shape index (κ1) is 18.2. The molecule has 0 heterocycles. The van der Waals surface area contributed by atoms with Gasteiger partial charge in [-0.05, 0) is 24.3 Å². The van der Waals surface area contributed by atoms with Gasteiger partial charge in [0.05, 0.1) is 14.2 Å². The second-order valence-corrected chi connectivity index (χ2v) is 5.54. The molecule has 24 heavy (non-hydrogen) atoms. The van der Waals surface area contributed by atoms with E-state index in [1.54, 1.807) is 49.6 Å². The van der Waals surface area contributed by atoms with Gasteiger partial charge in [-0.1, -0.05) is 41.4 Å². The molecule has 126 valence electrons. The first-order valence-corrected chi connectivity index (χ1v) is 7.81. The van der Waals surface area contributed by atoms with Gasteiger partial charge in [0.15, 0.2) is 11.5 Å². The largest absolute Gasteiger partial charge is 0.493 e. The van der Waals surface area contributed by atoms with Gasteiger partial charge in [0.25, 0.3) is 0 Å². The van der Waals surface area contributed by atoms with Gasteiger partial charge in [-0.25, -0.2) is 4.79 Å². The lowest BCUT2D eigenvalue weighted by Crippen LogP contribution is -2.02. The highest BCUT2D eigenvalue weighted by Gasteiger charge is 2.09. The summed E-state index contributed by atoms with van der Waals surface area (Å²) < 4.78 is 15.7. The van der Waals surface area contributed by atoms with Crippen LogP contribution < -0.4 is 9.47 Å². The highest BCUT2D eigenvalue weighted by molar-refractivity contribution is 6.35. The number of esters is 1. The fourth-order valence-corrected chi connectivity index (χ4v) is 2.57. The fourth-order valence-electron chi connectivity index (χ4n) is 2.06. The van der Waals surface area contributed by atoms with Crippen molar-refractivity contribution in [2.24, 2.45) is 0 Å². The molecule has 0 radical (unpaired) electrons. The summed E-state index contributed by atoms with van der Waals surface area (Å²) >= 11 is 12.1. The van der Waals surface area contributed by atoms with Crippen molar-refractivity contribution in [3.8, 4) is 11.5 Å². The Bertz CT molecular complexity index is 736. The van der Waals surface area contributed by atoms with Gasteiger partial charge in [0.2, 0.25) is 0 Å². The number of methoxy groups -OCH3 is 2. The minimum absolute atomic E-state index is 0.00305. The van der Waals surface area contributed by atoms with Crippen molar-refractivity contribution in [1.29, 1.82) is 0 Å². The molecule has 0 saturated carbocycles. The third kappa shape index (κ3) is 4.43. The molecule has 0 spiro atoms. The van der Waals surface area contributed by atoms with Crippen LogP contribution in [0, 0.1) is 0 Å². The van der Waals surface area contributed by atoms with E-state index in [2.05, 4.69) is 0 Å². The molecule has 4 nitrogen and oxygen atoms in total. The summed E-state index contributed by atoms with van der Waals surface area (Å²) in [6.45, 7) is -0.00305. The van der Waals surface area contributed by atoms with Crippen molar-refractivity contribution < 1.29 is 19.0 Å². The van der Waals surface area contributed by atoms with Crippen LogP contribution in [0.4, 0.5) is 0 Å². The number of rotatable bonds is 6. The molecular formula is C18H16Cl2O4. The Morgan fingerprint density at radius 1 is 1.04 bits per heavy atom. The number of para-hydroxylation sites is 1. The number of benzene rings is 2. The van der Waals surface area contributed by atoms with E-state index in [1.165, 1.54) is 13.2 Å². The average Bonchev–Trinajstić information content (AvgIpc) is 2.58. The number of ether oxygens (including phenoxy) is 3. The SMILES string of the molecule is COc1cccc(/C=C/C(=O)OCc2c(Cl)cccc2Cl)c1OC. The Morgan fingerprint density at radius 3 is 2.33 bits per heavy atom. The predicted molar refractivity (Wildman–Crippen MR) is 94.8 cm³/mol. The zero-order valence-corrected chi connectivity index (χ0v) is 14.7. The summed E-state index contributed by atoms with van der Waals surface area (Å²) in [5.74, 6) is 0.602. The van der Waals surface area contributed by atoms with Crippen molar-refractivity contribution in [3.63, 3.8) is 0 Å². The predicted octanol–water partition coefficient (Wildman–Crippen LogP) is 4.77. The van der Waals surface area contributed by atoms with Gasteiger partial charge < -0.3 is 14.2 Å². The van der Waals surface area contributed by atoms with Crippen molar-refractivity contribution in [2.45, 2.75) is 6.61 Å². The molecule has 0 unspecified atom stereocenters. The summed E-state index contributed by atoms with van der Waals surface area (Å²) in [5, 5.41) is 0.905. The van der Waals surface area contributed by atoms with Crippen LogP contribution in [0.1, 0.15) is 11.1 Å². The third-order valence-corrected chi connectivity index (χ3v) is 3.96. The lowest BCUT2D eigenvalue weighted by molar-refractivity contribution is -0.138. The van der Waals surface area contributed by atoms with Gasteiger partial charge in [0, 0.05) is 27.2 Å². The minimum Gasteiger partial charge on any atom is -0.493 e. The van der Waals surface area contributed by atoms with Crippen LogP contribution in [-0.2, 0) is 16.1 Å². The van der Waals surface area contributed by atoms with Gasteiger partial charge >= 0.3 is 5.97 Å². The van der Waals surface area contributed by atoms with Crippen molar-refractivity contribution in [2.75, 3.05) is 14.2 Å². The molecule has 0 N–H and O–H groups in total. The van der Waals surface area contributed by atoms with E-state index < -0.39 is 5.97 Å². The monoisotopic (exact) mass is 366 g/mol. The van der Waals surface area contributed by atoms with Crippen LogP contribution >= 0.6 is 23.2 Å². The molecule has 0 amide bonds. The maximum Gasteiger partial charge on any atom is 0.331 e. The minimum atomic E-state index is -0.518. The van der Waals surface area contributed by atoms with Crippen LogP contribution in [0.5, 0.6) is 11.5 Å². The number of carbonyl (C=O) groups is 1. The maximum atomic E-state index is 11.9. The molecule has 0 fully saturated rings. The summed E-state index contributed by atoms with van der Waals surface area (Å²) in [5.41, 5.74) is 1.27. The average molecular weight is 367 g/mol. The van der Waals surface area contributed by atoms with Gasteiger partial charge in [-0.2, -0.15) is 0 Å². The molecule has 0 saturated heterocycles. The van der Waals surface area contributed by atoms with Crippen LogP contribution in [0.3, 0.4) is 0 Å². The van der Waals surface area contributed by atoms with Crippen LogP contribution in [0.15, 0.2) is 42.5 Å². The molecule has 0 aliphatic rings. The Balaban J connectivity index is 2.06. The van der Waals surface area contributed by atoms with E-state index in [0.29, 0.717) is 32.7 Å². The number of carbonyl (C=O) groups excluding carboxylic acids is 1. The second-order valence-electron chi connectivity index (χ2n) is 4.72. The molecular weight excluding hydrogens is 351 g/mol. The number of halogens is 2. The van der Waals surface area contributed by atoms with E-state index in [1.807, 2.05) is 0 Å². The van der Waals surface area contributed by atoms with Gasteiger partial charge in [0.1, 0.15) is 6.61 Å². The smallest absolute Gasteiger partial charge is 0.331 e. The highest BCUT2D eigenvalue weighted by Crippen LogP contribution is 2.31. The lowest BCUT2D eigenvalue weighted by Gasteiger charge is -2.10. The van der Waals surface area contributed by atoms with Crippen molar-refractivity contribution in [1.82, 2.24) is 0 Å².